The second kappa shape index (κ2) is 7.37. The number of nitrogens with one attached hydrogen (secondary N) is 2. The fraction of sp³-hybridized carbons (Fsp3) is 0.118. The molecule has 1 heterocycles. The van der Waals surface area contributed by atoms with E-state index >= 15 is 0 Å². The van der Waals surface area contributed by atoms with Crippen molar-refractivity contribution in [3.8, 4) is 11.5 Å². The average Bonchev–Trinajstić information content (AvgIpc) is 2.65. The highest BCUT2D eigenvalue weighted by Gasteiger charge is 2.16. The summed E-state index contributed by atoms with van der Waals surface area (Å²) in [5.41, 5.74) is 3.13. The predicted octanol–water partition coefficient (Wildman–Crippen LogP) is 1.69. The fourth-order valence-electron chi connectivity index (χ4n) is 2.14. The largest absolute Gasteiger partial charge is 0.486 e. The van der Waals surface area contributed by atoms with Crippen LogP contribution in [0.2, 0.25) is 0 Å². The maximum Gasteiger partial charge on any atom is 0.266 e. The van der Waals surface area contributed by atoms with Gasteiger partial charge in [0.25, 0.3) is 15.9 Å². The summed E-state index contributed by atoms with van der Waals surface area (Å²) in [5.74, 6) is 0.397. The van der Waals surface area contributed by atoms with E-state index in [0.717, 1.165) is 11.0 Å². The average molecular weight is 360 g/mol. The SMILES string of the molecule is O=C(NNS(=O)(=O)/C=C/c1ccccc1)c1ccc2c(c1)OCCO2. The van der Waals surface area contributed by atoms with Crippen LogP contribution in [0.3, 0.4) is 0 Å². The van der Waals surface area contributed by atoms with E-state index < -0.39 is 15.9 Å². The van der Waals surface area contributed by atoms with Crippen molar-refractivity contribution < 1.29 is 22.7 Å². The standard InChI is InChI=1S/C17H16N2O5S/c20-17(14-6-7-15-16(12-14)24-10-9-23-15)18-19-25(21,22)11-8-13-4-2-1-3-5-13/h1-8,11-12,19H,9-10H2,(H,18,20)/b11-8+. The third-order valence-electron chi connectivity index (χ3n) is 3.35. The molecule has 0 saturated carbocycles. The molecule has 0 radical (unpaired) electrons. The molecule has 0 saturated heterocycles. The number of amides is 1. The van der Waals surface area contributed by atoms with Crippen molar-refractivity contribution in [1.29, 1.82) is 0 Å². The normalized spacial score (nSPS) is 13.6. The first kappa shape index (κ1) is 17.0. The Morgan fingerprint density at radius 1 is 1.00 bits per heavy atom. The van der Waals surface area contributed by atoms with Gasteiger partial charge in [-0.2, -0.15) is 0 Å². The number of carbonyl (C=O) groups is 1. The molecule has 130 valence electrons. The summed E-state index contributed by atoms with van der Waals surface area (Å²) in [6, 6.07) is 13.6. The first-order chi connectivity index (χ1) is 12.0. The molecule has 2 aromatic carbocycles. The van der Waals surface area contributed by atoms with E-state index in [1.54, 1.807) is 30.3 Å². The molecule has 2 aromatic rings. The molecule has 0 bridgehead atoms. The molecule has 2 N–H and O–H groups in total. The summed E-state index contributed by atoms with van der Waals surface area (Å²) in [4.78, 5) is 14.1. The van der Waals surface area contributed by atoms with E-state index in [-0.39, 0.29) is 5.56 Å². The van der Waals surface area contributed by atoms with Crippen molar-refractivity contribution in [2.75, 3.05) is 13.2 Å². The lowest BCUT2D eigenvalue weighted by Crippen LogP contribution is -2.40. The molecule has 8 heteroatoms. The number of hydrogen-bond acceptors (Lipinski definition) is 5. The number of carbonyl (C=O) groups excluding carboxylic acids is 1. The lowest BCUT2D eigenvalue weighted by atomic mass is 10.2. The minimum Gasteiger partial charge on any atom is -0.486 e. The molecule has 1 aliphatic rings. The second-order valence-corrected chi connectivity index (χ2v) is 6.74. The van der Waals surface area contributed by atoms with Gasteiger partial charge in [-0.15, -0.1) is 4.83 Å². The maximum atomic E-state index is 12.1. The number of benzene rings is 2. The minimum atomic E-state index is -3.82. The highest BCUT2D eigenvalue weighted by atomic mass is 32.2. The quantitative estimate of drug-likeness (QED) is 0.792. The van der Waals surface area contributed by atoms with Crippen LogP contribution in [0.1, 0.15) is 15.9 Å². The number of hydrogen-bond donors (Lipinski definition) is 2. The molecule has 0 atom stereocenters. The minimum absolute atomic E-state index is 0.249. The lowest BCUT2D eigenvalue weighted by Gasteiger charge is -2.18. The van der Waals surface area contributed by atoms with Crippen LogP contribution < -0.4 is 19.7 Å². The molecule has 0 aliphatic carbocycles. The van der Waals surface area contributed by atoms with E-state index in [1.165, 1.54) is 18.2 Å². The van der Waals surface area contributed by atoms with Gasteiger partial charge in [0.05, 0.1) is 0 Å². The number of sulfonamides is 1. The Balaban J connectivity index is 1.62. The molecule has 25 heavy (non-hydrogen) atoms. The van der Waals surface area contributed by atoms with Gasteiger partial charge in [0.15, 0.2) is 11.5 Å². The van der Waals surface area contributed by atoms with Crippen LogP contribution in [0.5, 0.6) is 11.5 Å². The number of ether oxygens (including phenoxy) is 2. The molecule has 1 aliphatic heterocycles. The Morgan fingerprint density at radius 2 is 1.72 bits per heavy atom. The van der Waals surface area contributed by atoms with Gasteiger partial charge in [0.2, 0.25) is 0 Å². The van der Waals surface area contributed by atoms with E-state index in [2.05, 4.69) is 5.43 Å². The van der Waals surface area contributed by atoms with Crippen LogP contribution in [0.4, 0.5) is 0 Å². The third kappa shape index (κ3) is 4.59. The van der Waals surface area contributed by atoms with Crippen molar-refractivity contribution in [3.63, 3.8) is 0 Å². The molecule has 0 aromatic heterocycles. The van der Waals surface area contributed by atoms with Gasteiger partial charge in [0, 0.05) is 11.0 Å². The van der Waals surface area contributed by atoms with Crippen LogP contribution >= 0.6 is 0 Å². The number of hydrazine groups is 1. The van der Waals surface area contributed by atoms with Gasteiger partial charge in [-0.25, -0.2) is 8.42 Å². The number of rotatable bonds is 5. The van der Waals surface area contributed by atoms with E-state index in [4.69, 9.17) is 9.47 Å². The zero-order valence-corrected chi connectivity index (χ0v) is 14.0. The van der Waals surface area contributed by atoms with Crippen LogP contribution in [-0.4, -0.2) is 27.5 Å². The van der Waals surface area contributed by atoms with Gasteiger partial charge in [-0.05, 0) is 29.8 Å². The van der Waals surface area contributed by atoms with Crippen molar-refractivity contribution in [3.05, 3.63) is 65.1 Å². The smallest absolute Gasteiger partial charge is 0.266 e. The molecule has 0 unspecified atom stereocenters. The van der Waals surface area contributed by atoms with E-state index in [9.17, 15) is 13.2 Å². The predicted molar refractivity (Wildman–Crippen MR) is 92.4 cm³/mol. The summed E-state index contributed by atoms with van der Waals surface area (Å²) in [7, 11) is -3.82. The van der Waals surface area contributed by atoms with Crippen LogP contribution in [0.15, 0.2) is 53.9 Å². The summed E-state index contributed by atoms with van der Waals surface area (Å²) in [5, 5.41) is 0.979. The van der Waals surface area contributed by atoms with E-state index in [0.29, 0.717) is 24.7 Å². The monoisotopic (exact) mass is 360 g/mol. The summed E-state index contributed by atoms with van der Waals surface area (Å²) in [6.45, 7) is 0.848. The summed E-state index contributed by atoms with van der Waals surface area (Å²) in [6.07, 6.45) is 1.43. The van der Waals surface area contributed by atoms with Crippen molar-refractivity contribution in [1.82, 2.24) is 10.3 Å². The molecule has 3 rings (SSSR count). The topological polar surface area (TPSA) is 93.7 Å². The molecule has 0 spiro atoms. The third-order valence-corrected chi connectivity index (χ3v) is 4.23. The van der Waals surface area contributed by atoms with Crippen LogP contribution in [-0.2, 0) is 10.0 Å². The fourth-order valence-corrected chi connectivity index (χ4v) is 2.78. The Hall–Kier alpha value is -2.84. The summed E-state index contributed by atoms with van der Waals surface area (Å²) < 4.78 is 34.6. The van der Waals surface area contributed by atoms with Gasteiger partial charge >= 0.3 is 0 Å². The second-order valence-electron chi connectivity index (χ2n) is 5.17. The van der Waals surface area contributed by atoms with Crippen LogP contribution in [0.25, 0.3) is 6.08 Å². The van der Waals surface area contributed by atoms with Crippen molar-refractivity contribution >= 4 is 22.0 Å². The summed E-state index contributed by atoms with van der Waals surface area (Å²) >= 11 is 0. The zero-order valence-electron chi connectivity index (χ0n) is 13.1. The Bertz CT molecular complexity index is 895. The number of fused-ring (bicyclic) bond motifs is 1. The molecular weight excluding hydrogens is 344 g/mol. The van der Waals surface area contributed by atoms with Gasteiger partial charge in [-0.3, -0.25) is 10.2 Å². The highest BCUT2D eigenvalue weighted by Crippen LogP contribution is 2.30. The molecule has 7 nitrogen and oxygen atoms in total. The lowest BCUT2D eigenvalue weighted by molar-refractivity contribution is 0.0944. The van der Waals surface area contributed by atoms with E-state index in [1.807, 2.05) is 10.9 Å². The Morgan fingerprint density at radius 3 is 2.48 bits per heavy atom. The van der Waals surface area contributed by atoms with Crippen molar-refractivity contribution in [2.45, 2.75) is 0 Å². The molecular formula is C17H16N2O5S. The Labute approximate surface area is 145 Å². The van der Waals surface area contributed by atoms with Crippen LogP contribution in [0, 0.1) is 0 Å². The van der Waals surface area contributed by atoms with Gasteiger partial charge < -0.3 is 9.47 Å². The maximum absolute atomic E-state index is 12.1. The molecule has 1 amide bonds. The Kier molecular flexibility index (Phi) is 5.01. The first-order valence-electron chi connectivity index (χ1n) is 7.48. The molecule has 0 fully saturated rings. The van der Waals surface area contributed by atoms with Gasteiger partial charge in [-0.1, -0.05) is 30.3 Å². The first-order valence-corrected chi connectivity index (χ1v) is 9.03. The zero-order chi connectivity index (χ0) is 17.7. The van der Waals surface area contributed by atoms with Crippen molar-refractivity contribution in [2.24, 2.45) is 0 Å². The van der Waals surface area contributed by atoms with Gasteiger partial charge in [0.1, 0.15) is 13.2 Å². The highest BCUT2D eigenvalue weighted by molar-refractivity contribution is 7.92.